The maximum Gasteiger partial charge on any atom is 0.251 e. The Balaban J connectivity index is 2.75. The first-order valence-corrected chi connectivity index (χ1v) is 7.87. The van der Waals surface area contributed by atoms with Crippen molar-refractivity contribution >= 4 is 39.9 Å². The molecule has 100 valence electrons. The van der Waals surface area contributed by atoms with Gasteiger partial charge in [-0.3, -0.25) is 9.59 Å². The van der Waals surface area contributed by atoms with Crippen molar-refractivity contribution < 1.29 is 9.59 Å². The van der Waals surface area contributed by atoms with E-state index in [1.54, 1.807) is 11.8 Å². The van der Waals surface area contributed by atoms with Crippen LogP contribution in [0.1, 0.15) is 33.6 Å². The lowest BCUT2D eigenvalue weighted by Crippen LogP contribution is -2.17. The maximum absolute atomic E-state index is 11.7. The van der Waals surface area contributed by atoms with E-state index in [-0.39, 0.29) is 5.91 Å². The fourth-order valence-electron chi connectivity index (χ4n) is 1.58. The molecule has 1 rings (SSSR count). The van der Waals surface area contributed by atoms with Crippen LogP contribution in [-0.4, -0.2) is 23.8 Å². The molecule has 0 saturated heterocycles. The van der Waals surface area contributed by atoms with E-state index in [1.807, 2.05) is 20.1 Å². The summed E-state index contributed by atoms with van der Waals surface area (Å²) >= 11 is 3.11. The van der Waals surface area contributed by atoms with Crippen molar-refractivity contribution in [3.05, 3.63) is 16.0 Å². The number of amides is 2. The molecule has 3 N–H and O–H groups in total. The molecule has 0 aromatic carbocycles. The van der Waals surface area contributed by atoms with Gasteiger partial charge < -0.3 is 11.1 Å². The Labute approximate surface area is 115 Å². The van der Waals surface area contributed by atoms with Crippen molar-refractivity contribution in [2.45, 2.75) is 26.7 Å². The number of thioether (sulfide) groups is 1. The van der Waals surface area contributed by atoms with Gasteiger partial charge >= 0.3 is 0 Å². The van der Waals surface area contributed by atoms with Crippen molar-refractivity contribution in [2.24, 2.45) is 5.73 Å². The number of carbonyl (C=O) groups excluding carboxylic acids is 2. The normalized spacial score (nSPS) is 10.4. The molecule has 1 aromatic rings. The van der Waals surface area contributed by atoms with Gasteiger partial charge in [-0.2, -0.15) is 11.8 Å². The molecule has 0 unspecified atom stereocenters. The second-order valence-corrected chi connectivity index (χ2v) is 6.21. The summed E-state index contributed by atoms with van der Waals surface area (Å²) in [6.45, 7) is 3.76. The zero-order chi connectivity index (χ0) is 13.7. The summed E-state index contributed by atoms with van der Waals surface area (Å²) in [6, 6.07) is 0. The number of aryl methyl sites for hydroxylation is 1. The van der Waals surface area contributed by atoms with Crippen LogP contribution in [0.5, 0.6) is 0 Å². The average molecular weight is 286 g/mol. The first kappa shape index (κ1) is 15.0. The van der Waals surface area contributed by atoms with Gasteiger partial charge in [0.1, 0.15) is 5.00 Å². The van der Waals surface area contributed by atoms with Gasteiger partial charge in [0.15, 0.2) is 0 Å². The number of hydrogen-bond donors (Lipinski definition) is 2. The van der Waals surface area contributed by atoms with Crippen LogP contribution in [0.4, 0.5) is 5.00 Å². The highest BCUT2D eigenvalue weighted by molar-refractivity contribution is 7.98. The second-order valence-electron chi connectivity index (χ2n) is 4.00. The molecule has 2 amide bonds. The Morgan fingerprint density at radius 3 is 2.61 bits per heavy atom. The third kappa shape index (κ3) is 3.74. The van der Waals surface area contributed by atoms with Crippen LogP contribution in [0.3, 0.4) is 0 Å². The van der Waals surface area contributed by atoms with Crippen molar-refractivity contribution in [3.8, 4) is 0 Å². The lowest BCUT2D eigenvalue weighted by atomic mass is 10.1. The Hall–Kier alpha value is -1.01. The molecule has 0 aliphatic heterocycles. The highest BCUT2D eigenvalue weighted by Crippen LogP contribution is 2.32. The van der Waals surface area contributed by atoms with Crippen LogP contribution in [0, 0.1) is 13.8 Å². The van der Waals surface area contributed by atoms with E-state index < -0.39 is 5.91 Å². The molecule has 0 fully saturated rings. The van der Waals surface area contributed by atoms with Crippen LogP contribution >= 0.6 is 23.1 Å². The number of nitrogens with two attached hydrogens (primary N) is 1. The molecular weight excluding hydrogens is 268 g/mol. The van der Waals surface area contributed by atoms with E-state index in [0.717, 1.165) is 22.6 Å². The van der Waals surface area contributed by atoms with Crippen LogP contribution in [0.2, 0.25) is 0 Å². The van der Waals surface area contributed by atoms with Crippen molar-refractivity contribution in [1.82, 2.24) is 0 Å². The van der Waals surface area contributed by atoms with Gasteiger partial charge in [-0.05, 0) is 37.8 Å². The first-order chi connectivity index (χ1) is 8.47. The number of anilines is 1. The Morgan fingerprint density at radius 1 is 1.39 bits per heavy atom. The number of thiophene rings is 1. The van der Waals surface area contributed by atoms with E-state index in [0.29, 0.717) is 17.0 Å². The quantitative estimate of drug-likeness (QED) is 0.789. The molecule has 0 aliphatic carbocycles. The minimum atomic E-state index is -0.490. The summed E-state index contributed by atoms with van der Waals surface area (Å²) < 4.78 is 0. The van der Waals surface area contributed by atoms with Crippen molar-refractivity contribution in [3.63, 3.8) is 0 Å². The standard InChI is InChI=1S/C12H18N2O2S2/c1-7-8(2)18-12(10(7)11(13)16)14-9(15)5-4-6-17-3/h4-6H2,1-3H3,(H2,13,16)(H,14,15). The molecule has 1 aromatic heterocycles. The molecule has 4 nitrogen and oxygen atoms in total. The fourth-order valence-corrected chi connectivity index (χ4v) is 3.09. The highest BCUT2D eigenvalue weighted by atomic mass is 32.2. The molecule has 6 heteroatoms. The van der Waals surface area contributed by atoms with Gasteiger partial charge in [0, 0.05) is 11.3 Å². The topological polar surface area (TPSA) is 72.2 Å². The number of rotatable bonds is 6. The van der Waals surface area contributed by atoms with Gasteiger partial charge in [-0.1, -0.05) is 0 Å². The van der Waals surface area contributed by atoms with E-state index in [9.17, 15) is 9.59 Å². The van der Waals surface area contributed by atoms with Gasteiger partial charge in [0.05, 0.1) is 5.56 Å². The molecule has 0 saturated carbocycles. The molecule has 0 radical (unpaired) electrons. The summed E-state index contributed by atoms with van der Waals surface area (Å²) in [7, 11) is 0. The summed E-state index contributed by atoms with van der Waals surface area (Å²) in [4.78, 5) is 24.1. The van der Waals surface area contributed by atoms with Gasteiger partial charge in [0.25, 0.3) is 5.91 Å². The highest BCUT2D eigenvalue weighted by Gasteiger charge is 2.18. The summed E-state index contributed by atoms with van der Waals surface area (Å²) in [6.07, 6.45) is 3.31. The first-order valence-electron chi connectivity index (χ1n) is 5.66. The van der Waals surface area contributed by atoms with Crippen LogP contribution in [0.15, 0.2) is 0 Å². The molecule has 1 heterocycles. The molecule has 0 bridgehead atoms. The third-order valence-electron chi connectivity index (χ3n) is 2.64. The molecule has 18 heavy (non-hydrogen) atoms. The minimum Gasteiger partial charge on any atom is -0.365 e. The fraction of sp³-hybridized carbons (Fsp3) is 0.500. The third-order valence-corrected chi connectivity index (χ3v) is 4.46. The smallest absolute Gasteiger partial charge is 0.251 e. The van der Waals surface area contributed by atoms with Crippen molar-refractivity contribution in [2.75, 3.05) is 17.3 Å². The lowest BCUT2D eigenvalue weighted by molar-refractivity contribution is -0.116. The van der Waals surface area contributed by atoms with Crippen LogP contribution < -0.4 is 11.1 Å². The monoisotopic (exact) mass is 286 g/mol. The zero-order valence-electron chi connectivity index (χ0n) is 10.8. The average Bonchev–Trinajstić information content (AvgIpc) is 2.54. The predicted octanol–water partition coefficient (Wildman–Crippen LogP) is 2.55. The maximum atomic E-state index is 11.7. The van der Waals surface area contributed by atoms with E-state index >= 15 is 0 Å². The van der Waals surface area contributed by atoms with Gasteiger partial charge in [-0.25, -0.2) is 0 Å². The van der Waals surface area contributed by atoms with Crippen LogP contribution in [-0.2, 0) is 4.79 Å². The van der Waals surface area contributed by atoms with E-state index in [2.05, 4.69) is 5.32 Å². The number of hydrogen-bond acceptors (Lipinski definition) is 4. The van der Waals surface area contributed by atoms with Gasteiger partial charge in [0.2, 0.25) is 5.91 Å². The zero-order valence-corrected chi connectivity index (χ0v) is 12.5. The predicted molar refractivity (Wildman–Crippen MR) is 78.6 cm³/mol. The molecular formula is C12H18N2O2S2. The SMILES string of the molecule is CSCCCC(=O)Nc1sc(C)c(C)c1C(N)=O. The molecule has 0 atom stereocenters. The number of primary amides is 1. The molecule has 0 spiro atoms. The van der Waals surface area contributed by atoms with E-state index in [1.165, 1.54) is 11.3 Å². The molecule has 0 aliphatic rings. The number of nitrogens with one attached hydrogen (secondary N) is 1. The van der Waals surface area contributed by atoms with Gasteiger partial charge in [-0.15, -0.1) is 11.3 Å². The van der Waals surface area contributed by atoms with Crippen molar-refractivity contribution in [1.29, 1.82) is 0 Å². The Morgan fingerprint density at radius 2 is 2.06 bits per heavy atom. The Bertz CT molecular complexity index is 455. The second kappa shape index (κ2) is 6.80. The summed E-state index contributed by atoms with van der Waals surface area (Å²) in [5.74, 6) is 0.405. The van der Waals surface area contributed by atoms with Crippen LogP contribution in [0.25, 0.3) is 0 Å². The minimum absolute atomic E-state index is 0.0622. The largest absolute Gasteiger partial charge is 0.365 e. The lowest BCUT2D eigenvalue weighted by Gasteiger charge is -2.04. The van der Waals surface area contributed by atoms with E-state index in [4.69, 9.17) is 5.73 Å². The summed E-state index contributed by atoms with van der Waals surface area (Å²) in [5, 5.41) is 3.36. The Kier molecular flexibility index (Phi) is 5.68. The summed E-state index contributed by atoms with van der Waals surface area (Å²) in [5.41, 5.74) is 6.63. The number of carbonyl (C=O) groups is 2.